The SMILES string of the molecule is C[C@H](NC1NC(=O)N([C@@H](C)C(F)(F)F)C(=O)N1)c1ccc(Cl)c(Cl)c1. The number of halogens is 5. The highest BCUT2D eigenvalue weighted by molar-refractivity contribution is 6.42. The Morgan fingerprint density at radius 3 is 2.16 bits per heavy atom. The molecule has 2 rings (SSSR count). The zero-order valence-corrected chi connectivity index (χ0v) is 14.6. The van der Waals surface area contributed by atoms with Crippen molar-refractivity contribution in [3.05, 3.63) is 33.8 Å². The van der Waals surface area contributed by atoms with E-state index in [0.717, 1.165) is 6.92 Å². The highest BCUT2D eigenvalue weighted by atomic mass is 35.5. The summed E-state index contributed by atoms with van der Waals surface area (Å²) in [4.78, 5) is 23.9. The van der Waals surface area contributed by atoms with Crippen LogP contribution in [0.4, 0.5) is 22.8 Å². The molecule has 0 spiro atoms. The molecule has 0 radical (unpaired) electrons. The molecule has 3 N–H and O–H groups in total. The third-order valence-corrected chi connectivity index (χ3v) is 4.43. The first-order valence-corrected chi connectivity index (χ1v) is 7.94. The molecule has 1 aromatic carbocycles. The van der Waals surface area contributed by atoms with Crippen LogP contribution in [0, 0.1) is 0 Å². The maximum absolute atomic E-state index is 12.7. The number of hydrogen-bond donors (Lipinski definition) is 3. The average molecular weight is 399 g/mol. The van der Waals surface area contributed by atoms with E-state index in [4.69, 9.17) is 23.2 Å². The van der Waals surface area contributed by atoms with E-state index in [1.54, 1.807) is 25.1 Å². The van der Waals surface area contributed by atoms with E-state index in [1.807, 2.05) is 0 Å². The van der Waals surface area contributed by atoms with Crippen molar-refractivity contribution in [1.29, 1.82) is 0 Å². The summed E-state index contributed by atoms with van der Waals surface area (Å²) in [7, 11) is 0. The zero-order valence-electron chi connectivity index (χ0n) is 13.1. The van der Waals surface area contributed by atoms with Crippen LogP contribution in [0.15, 0.2) is 18.2 Å². The normalized spacial score (nSPS) is 18.6. The first kappa shape index (κ1) is 19.6. The molecule has 25 heavy (non-hydrogen) atoms. The Morgan fingerprint density at radius 2 is 1.68 bits per heavy atom. The highest BCUT2D eigenvalue weighted by Crippen LogP contribution is 2.27. The van der Waals surface area contributed by atoms with Gasteiger partial charge in [-0.05, 0) is 31.5 Å². The van der Waals surface area contributed by atoms with Gasteiger partial charge in [0.1, 0.15) is 6.04 Å². The molecule has 0 aromatic heterocycles. The molecule has 2 atom stereocenters. The standard InChI is InChI=1S/C14H15Cl2F3N4O2/c1-6(8-3-4-9(15)10(16)5-8)20-11-21-12(24)23(13(25)22-11)7(2)14(17,18)19/h3-7,11,20H,1-2H3,(H,21,24)(H,22,25)/t6-,7-/m0/s1. The average Bonchev–Trinajstić information content (AvgIpc) is 2.48. The lowest BCUT2D eigenvalue weighted by Crippen LogP contribution is -2.70. The molecule has 0 bridgehead atoms. The van der Waals surface area contributed by atoms with E-state index in [1.165, 1.54) is 0 Å². The molecule has 4 amide bonds. The molecular weight excluding hydrogens is 384 g/mol. The first-order chi connectivity index (χ1) is 11.5. The maximum Gasteiger partial charge on any atom is 0.409 e. The molecular formula is C14H15Cl2F3N4O2. The van der Waals surface area contributed by atoms with Crippen LogP contribution in [-0.4, -0.2) is 35.5 Å². The Hall–Kier alpha value is -1.71. The largest absolute Gasteiger partial charge is 0.409 e. The van der Waals surface area contributed by atoms with Crippen molar-refractivity contribution in [2.24, 2.45) is 0 Å². The molecule has 1 heterocycles. The van der Waals surface area contributed by atoms with Crippen LogP contribution in [0.2, 0.25) is 10.0 Å². The van der Waals surface area contributed by atoms with Crippen LogP contribution < -0.4 is 16.0 Å². The van der Waals surface area contributed by atoms with Gasteiger partial charge in [0.05, 0.1) is 10.0 Å². The molecule has 1 aliphatic heterocycles. The molecule has 1 fully saturated rings. The number of amides is 4. The summed E-state index contributed by atoms with van der Waals surface area (Å²) in [5, 5.41) is 8.09. The molecule has 1 aliphatic rings. The van der Waals surface area contributed by atoms with Crippen molar-refractivity contribution in [3.8, 4) is 0 Å². The van der Waals surface area contributed by atoms with E-state index in [0.29, 0.717) is 15.6 Å². The Balaban J connectivity index is 2.05. The Bertz CT molecular complexity index is 669. The van der Waals surface area contributed by atoms with E-state index in [2.05, 4.69) is 16.0 Å². The maximum atomic E-state index is 12.7. The van der Waals surface area contributed by atoms with Gasteiger partial charge in [0.25, 0.3) is 0 Å². The zero-order chi connectivity index (χ0) is 18.9. The second-order valence-corrected chi connectivity index (χ2v) is 6.30. The van der Waals surface area contributed by atoms with E-state index in [9.17, 15) is 22.8 Å². The number of imide groups is 1. The summed E-state index contributed by atoms with van der Waals surface area (Å²) in [6.45, 7) is 2.45. The minimum absolute atomic E-state index is 0.0853. The number of hydrogen-bond acceptors (Lipinski definition) is 3. The van der Waals surface area contributed by atoms with Crippen molar-refractivity contribution in [1.82, 2.24) is 20.9 Å². The predicted molar refractivity (Wildman–Crippen MR) is 86.2 cm³/mol. The van der Waals surface area contributed by atoms with Gasteiger partial charge in [-0.1, -0.05) is 29.3 Å². The summed E-state index contributed by atoms with van der Waals surface area (Å²) >= 11 is 11.8. The summed E-state index contributed by atoms with van der Waals surface area (Å²) in [5.74, 6) is 0. The van der Waals surface area contributed by atoms with Crippen molar-refractivity contribution < 1.29 is 22.8 Å². The monoisotopic (exact) mass is 398 g/mol. The van der Waals surface area contributed by atoms with Crippen LogP contribution >= 0.6 is 23.2 Å². The quantitative estimate of drug-likeness (QED) is 0.725. The molecule has 0 unspecified atom stereocenters. The van der Waals surface area contributed by atoms with E-state index >= 15 is 0 Å². The highest BCUT2D eigenvalue weighted by Gasteiger charge is 2.47. The number of nitrogens with one attached hydrogen (secondary N) is 3. The second-order valence-electron chi connectivity index (χ2n) is 5.48. The Labute approximate surface area is 151 Å². The number of carbonyl (C=O) groups excluding carboxylic acids is 2. The van der Waals surface area contributed by atoms with Gasteiger partial charge < -0.3 is 10.6 Å². The molecule has 1 saturated heterocycles. The van der Waals surface area contributed by atoms with Gasteiger partial charge in [-0.2, -0.15) is 13.2 Å². The molecule has 1 aromatic rings. The van der Waals surface area contributed by atoms with E-state index < -0.39 is 30.6 Å². The Morgan fingerprint density at radius 1 is 1.12 bits per heavy atom. The van der Waals surface area contributed by atoms with Crippen molar-refractivity contribution in [2.45, 2.75) is 38.4 Å². The van der Waals surface area contributed by atoms with Gasteiger partial charge in [-0.3, -0.25) is 5.32 Å². The molecule has 0 aliphatic carbocycles. The van der Waals surface area contributed by atoms with Crippen LogP contribution in [0.25, 0.3) is 0 Å². The molecule has 6 nitrogen and oxygen atoms in total. The number of carbonyl (C=O) groups is 2. The number of benzene rings is 1. The summed E-state index contributed by atoms with van der Waals surface area (Å²) < 4.78 is 38.2. The number of alkyl halides is 3. The van der Waals surface area contributed by atoms with Gasteiger partial charge in [0.2, 0.25) is 0 Å². The van der Waals surface area contributed by atoms with Crippen LogP contribution in [0.3, 0.4) is 0 Å². The number of nitrogens with zero attached hydrogens (tertiary/aromatic N) is 1. The fourth-order valence-electron chi connectivity index (χ4n) is 2.22. The number of rotatable bonds is 4. The van der Waals surface area contributed by atoms with Gasteiger partial charge >= 0.3 is 18.2 Å². The lowest BCUT2D eigenvalue weighted by Gasteiger charge is -2.37. The van der Waals surface area contributed by atoms with E-state index in [-0.39, 0.29) is 10.9 Å². The van der Waals surface area contributed by atoms with Crippen molar-refractivity contribution >= 4 is 35.3 Å². The first-order valence-electron chi connectivity index (χ1n) is 7.18. The van der Waals surface area contributed by atoms with Crippen molar-refractivity contribution in [2.75, 3.05) is 0 Å². The summed E-state index contributed by atoms with van der Waals surface area (Å²) in [5.41, 5.74) is 0.712. The molecule has 0 saturated carbocycles. The fraction of sp³-hybridized carbons (Fsp3) is 0.429. The second kappa shape index (κ2) is 7.27. The fourth-order valence-corrected chi connectivity index (χ4v) is 2.53. The molecule has 11 heteroatoms. The van der Waals surface area contributed by atoms with Crippen LogP contribution in [0.5, 0.6) is 0 Å². The third-order valence-electron chi connectivity index (χ3n) is 3.69. The van der Waals surface area contributed by atoms with Gasteiger partial charge in [0.15, 0.2) is 6.29 Å². The lowest BCUT2D eigenvalue weighted by molar-refractivity contribution is -0.166. The summed E-state index contributed by atoms with van der Waals surface area (Å²) in [6.07, 6.45) is -5.76. The van der Waals surface area contributed by atoms with Crippen molar-refractivity contribution in [3.63, 3.8) is 0 Å². The summed E-state index contributed by atoms with van der Waals surface area (Å²) in [6, 6.07) is -0.0438. The number of urea groups is 2. The van der Waals surface area contributed by atoms with Crippen LogP contribution in [0.1, 0.15) is 25.5 Å². The minimum atomic E-state index is -4.72. The topological polar surface area (TPSA) is 73.5 Å². The third kappa shape index (κ3) is 4.47. The van der Waals surface area contributed by atoms with Crippen LogP contribution in [-0.2, 0) is 0 Å². The Kier molecular flexibility index (Phi) is 5.70. The smallest absolute Gasteiger partial charge is 0.304 e. The molecule has 138 valence electrons. The van der Waals surface area contributed by atoms with Gasteiger partial charge in [-0.15, -0.1) is 0 Å². The lowest BCUT2D eigenvalue weighted by atomic mass is 10.1. The van der Waals surface area contributed by atoms with Gasteiger partial charge in [-0.25, -0.2) is 14.5 Å². The minimum Gasteiger partial charge on any atom is -0.304 e. The van der Waals surface area contributed by atoms with Gasteiger partial charge in [0, 0.05) is 6.04 Å². The predicted octanol–water partition coefficient (Wildman–Crippen LogP) is 3.61.